The Morgan fingerprint density at radius 2 is 1.78 bits per heavy atom. The van der Waals surface area contributed by atoms with Gasteiger partial charge in [0.15, 0.2) is 11.6 Å². The molecular formula is C13H7FO4. The van der Waals surface area contributed by atoms with Crippen molar-refractivity contribution in [1.82, 2.24) is 0 Å². The molecule has 0 aliphatic carbocycles. The summed E-state index contributed by atoms with van der Waals surface area (Å²) in [5.41, 5.74) is -0.728. The third kappa shape index (κ3) is 1.34. The molecule has 0 radical (unpaired) electrons. The number of halogens is 1. The number of phenols is 2. The lowest BCUT2D eigenvalue weighted by Gasteiger charge is -2.04. The fourth-order valence-corrected chi connectivity index (χ4v) is 1.96. The molecule has 0 fully saturated rings. The maximum absolute atomic E-state index is 13.7. The molecule has 0 unspecified atom stereocenters. The van der Waals surface area contributed by atoms with Crippen molar-refractivity contribution in [2.45, 2.75) is 0 Å². The van der Waals surface area contributed by atoms with Crippen LogP contribution in [-0.2, 0) is 0 Å². The summed E-state index contributed by atoms with van der Waals surface area (Å²) in [5.74, 6) is -1.66. The molecule has 1 heterocycles. The molecule has 1 aromatic heterocycles. The van der Waals surface area contributed by atoms with Crippen LogP contribution in [0.1, 0.15) is 0 Å². The van der Waals surface area contributed by atoms with Crippen LogP contribution in [0.4, 0.5) is 4.39 Å². The number of fused-ring (bicyclic) bond motifs is 3. The maximum Gasteiger partial charge on any atom is 0.347 e. The molecule has 0 spiro atoms. The predicted molar refractivity (Wildman–Crippen MR) is 63.3 cm³/mol. The molecule has 5 heteroatoms. The minimum atomic E-state index is -1.00. The summed E-state index contributed by atoms with van der Waals surface area (Å²) in [4.78, 5) is 11.7. The van der Waals surface area contributed by atoms with E-state index < -0.39 is 17.2 Å². The molecule has 0 atom stereocenters. The molecule has 2 aromatic carbocycles. The molecule has 0 saturated heterocycles. The minimum Gasteiger partial charge on any atom is -0.508 e. The van der Waals surface area contributed by atoms with Gasteiger partial charge in [0.05, 0.1) is 0 Å². The van der Waals surface area contributed by atoms with E-state index in [4.69, 9.17) is 4.42 Å². The second-order valence-electron chi connectivity index (χ2n) is 3.89. The van der Waals surface area contributed by atoms with E-state index in [9.17, 15) is 19.4 Å². The van der Waals surface area contributed by atoms with E-state index in [0.29, 0.717) is 10.8 Å². The molecule has 0 bridgehead atoms. The first-order chi connectivity index (χ1) is 8.58. The monoisotopic (exact) mass is 246 g/mol. The van der Waals surface area contributed by atoms with Gasteiger partial charge in [0.1, 0.15) is 16.7 Å². The van der Waals surface area contributed by atoms with Crippen LogP contribution in [0.15, 0.2) is 39.5 Å². The van der Waals surface area contributed by atoms with Crippen molar-refractivity contribution in [2.24, 2.45) is 0 Å². The SMILES string of the molecule is O=c1oc2cc(O)ccc2c2ccc(O)c(F)c12. The fourth-order valence-electron chi connectivity index (χ4n) is 1.96. The van der Waals surface area contributed by atoms with Gasteiger partial charge in [-0.05, 0) is 24.3 Å². The average molecular weight is 246 g/mol. The lowest BCUT2D eigenvalue weighted by Crippen LogP contribution is -2.02. The van der Waals surface area contributed by atoms with Crippen LogP contribution in [0.3, 0.4) is 0 Å². The third-order valence-electron chi connectivity index (χ3n) is 2.78. The number of phenolic OH excluding ortho intramolecular Hbond substituents is 2. The van der Waals surface area contributed by atoms with E-state index in [-0.39, 0.29) is 16.7 Å². The number of rotatable bonds is 0. The maximum atomic E-state index is 13.7. The number of hydrogen-bond donors (Lipinski definition) is 2. The largest absolute Gasteiger partial charge is 0.508 e. The van der Waals surface area contributed by atoms with Crippen molar-refractivity contribution in [3.63, 3.8) is 0 Å². The van der Waals surface area contributed by atoms with Gasteiger partial charge in [-0.15, -0.1) is 0 Å². The highest BCUT2D eigenvalue weighted by molar-refractivity contribution is 6.05. The molecule has 0 saturated carbocycles. The van der Waals surface area contributed by atoms with E-state index in [1.807, 2.05) is 0 Å². The number of aromatic hydroxyl groups is 2. The van der Waals surface area contributed by atoms with Crippen molar-refractivity contribution < 1.29 is 19.0 Å². The van der Waals surface area contributed by atoms with E-state index in [2.05, 4.69) is 0 Å². The molecule has 3 rings (SSSR count). The van der Waals surface area contributed by atoms with Crippen molar-refractivity contribution in [2.75, 3.05) is 0 Å². The summed E-state index contributed by atoms with van der Waals surface area (Å²) in [6.07, 6.45) is 0. The lowest BCUT2D eigenvalue weighted by molar-refractivity contribution is 0.434. The Kier molecular flexibility index (Phi) is 2.04. The van der Waals surface area contributed by atoms with Crippen molar-refractivity contribution >= 4 is 21.7 Å². The summed E-state index contributed by atoms with van der Waals surface area (Å²) in [5, 5.41) is 19.1. The Bertz CT molecular complexity index is 836. The zero-order valence-corrected chi connectivity index (χ0v) is 8.98. The van der Waals surface area contributed by atoms with Crippen LogP contribution in [0.5, 0.6) is 11.5 Å². The van der Waals surface area contributed by atoms with Gasteiger partial charge >= 0.3 is 5.63 Å². The van der Waals surface area contributed by atoms with E-state index in [0.717, 1.165) is 0 Å². The zero-order chi connectivity index (χ0) is 12.9. The van der Waals surface area contributed by atoms with Crippen LogP contribution in [-0.4, -0.2) is 10.2 Å². The molecule has 2 N–H and O–H groups in total. The molecule has 0 amide bonds. The van der Waals surface area contributed by atoms with Crippen molar-refractivity contribution in [3.05, 3.63) is 46.6 Å². The van der Waals surface area contributed by atoms with Gasteiger partial charge in [-0.2, -0.15) is 0 Å². The van der Waals surface area contributed by atoms with Gasteiger partial charge in [-0.3, -0.25) is 0 Å². The second-order valence-corrected chi connectivity index (χ2v) is 3.89. The minimum absolute atomic E-state index is 0.0516. The number of benzene rings is 2. The highest BCUT2D eigenvalue weighted by Gasteiger charge is 2.14. The van der Waals surface area contributed by atoms with Crippen LogP contribution in [0, 0.1) is 5.82 Å². The normalized spacial score (nSPS) is 11.2. The highest BCUT2D eigenvalue weighted by atomic mass is 19.1. The molecular weight excluding hydrogens is 239 g/mol. The molecule has 0 aliphatic rings. The first-order valence-electron chi connectivity index (χ1n) is 5.15. The van der Waals surface area contributed by atoms with Crippen molar-refractivity contribution in [3.8, 4) is 11.5 Å². The lowest BCUT2D eigenvalue weighted by atomic mass is 10.1. The first kappa shape index (κ1) is 10.6. The van der Waals surface area contributed by atoms with Gasteiger partial charge in [0, 0.05) is 16.8 Å². The fraction of sp³-hybridized carbons (Fsp3) is 0. The van der Waals surface area contributed by atoms with Crippen molar-refractivity contribution in [1.29, 1.82) is 0 Å². The Hall–Kier alpha value is -2.56. The summed E-state index contributed by atoms with van der Waals surface area (Å²) >= 11 is 0. The molecule has 3 aromatic rings. The molecule has 4 nitrogen and oxygen atoms in total. The Balaban J connectivity index is 2.64. The predicted octanol–water partition coefficient (Wildman–Crippen LogP) is 2.50. The molecule has 90 valence electrons. The summed E-state index contributed by atoms with van der Waals surface area (Å²) in [6, 6.07) is 6.81. The van der Waals surface area contributed by atoms with Gasteiger partial charge in [-0.25, -0.2) is 9.18 Å². The Morgan fingerprint density at radius 1 is 1.06 bits per heavy atom. The third-order valence-corrected chi connectivity index (χ3v) is 2.78. The van der Waals surface area contributed by atoms with E-state index in [1.165, 1.54) is 30.3 Å². The highest BCUT2D eigenvalue weighted by Crippen LogP contribution is 2.30. The summed E-state index contributed by atoms with van der Waals surface area (Å²) in [7, 11) is 0. The van der Waals surface area contributed by atoms with Crippen LogP contribution >= 0.6 is 0 Å². The van der Waals surface area contributed by atoms with Crippen LogP contribution in [0.2, 0.25) is 0 Å². The summed E-state index contributed by atoms with van der Waals surface area (Å²) < 4.78 is 18.6. The van der Waals surface area contributed by atoms with Crippen LogP contribution in [0.25, 0.3) is 21.7 Å². The average Bonchev–Trinajstić information content (AvgIpc) is 2.32. The first-order valence-corrected chi connectivity index (χ1v) is 5.15. The molecule has 18 heavy (non-hydrogen) atoms. The van der Waals surface area contributed by atoms with E-state index in [1.54, 1.807) is 0 Å². The summed E-state index contributed by atoms with van der Waals surface area (Å²) in [6.45, 7) is 0. The van der Waals surface area contributed by atoms with Gasteiger partial charge in [0.2, 0.25) is 0 Å². The topological polar surface area (TPSA) is 70.7 Å². The number of hydrogen-bond acceptors (Lipinski definition) is 4. The zero-order valence-electron chi connectivity index (χ0n) is 8.98. The van der Waals surface area contributed by atoms with E-state index >= 15 is 0 Å². The smallest absolute Gasteiger partial charge is 0.347 e. The second kappa shape index (κ2) is 3.46. The molecule has 0 aliphatic heterocycles. The standard InChI is InChI=1S/C13H7FO4/c14-12-9(16)4-3-8-7-2-1-6(15)5-10(7)18-13(17)11(8)12/h1-5,15-16H. The van der Waals surface area contributed by atoms with Gasteiger partial charge < -0.3 is 14.6 Å². The quantitative estimate of drug-likeness (QED) is 0.472. The Labute approximate surface area is 99.5 Å². The Morgan fingerprint density at radius 3 is 2.56 bits per heavy atom. The van der Waals surface area contributed by atoms with Crippen LogP contribution < -0.4 is 5.63 Å². The van der Waals surface area contributed by atoms with Gasteiger partial charge in [0.25, 0.3) is 0 Å². The van der Waals surface area contributed by atoms with Gasteiger partial charge in [-0.1, -0.05) is 0 Å².